The third-order valence-corrected chi connectivity index (χ3v) is 3.16. The molecule has 17 heavy (non-hydrogen) atoms. The zero-order chi connectivity index (χ0) is 12.8. The van der Waals surface area contributed by atoms with Crippen LogP contribution in [0, 0.1) is 0 Å². The molecule has 0 spiro atoms. The van der Waals surface area contributed by atoms with Gasteiger partial charge in [-0.2, -0.15) is 0 Å². The van der Waals surface area contributed by atoms with Crippen LogP contribution in [0.2, 0.25) is 0 Å². The van der Waals surface area contributed by atoms with Crippen LogP contribution in [0.3, 0.4) is 0 Å². The van der Waals surface area contributed by atoms with Crippen LogP contribution in [0.25, 0.3) is 0 Å². The number of rotatable bonds is 6. The zero-order valence-corrected chi connectivity index (χ0v) is 11.2. The van der Waals surface area contributed by atoms with Crippen molar-refractivity contribution in [2.45, 2.75) is 46.0 Å². The molecule has 0 amide bonds. The Labute approximate surface area is 104 Å². The number of carbonyl (C=O) groups is 1. The number of methoxy groups -OCH3 is 1. The summed E-state index contributed by atoms with van der Waals surface area (Å²) in [6, 6.07) is 6.32. The highest BCUT2D eigenvalue weighted by molar-refractivity contribution is 5.75. The number of aryl methyl sites for hydroxylation is 1. The van der Waals surface area contributed by atoms with E-state index in [1.165, 1.54) is 11.1 Å². The maximum Gasteiger partial charge on any atom is 0.129 e. The standard InChI is InChI=1S/C15H22O2/c1-5-13-8-9-15(17-4)14(10-13)11(2)6-7-12(3)16/h8-11H,5-7H2,1-4H3. The highest BCUT2D eigenvalue weighted by Gasteiger charge is 2.12. The molecular formula is C15H22O2. The van der Waals surface area contributed by atoms with Crippen molar-refractivity contribution in [1.82, 2.24) is 0 Å². The Bertz CT molecular complexity index is 383. The van der Waals surface area contributed by atoms with E-state index in [1.54, 1.807) is 14.0 Å². The summed E-state index contributed by atoms with van der Waals surface area (Å²) >= 11 is 0. The van der Waals surface area contributed by atoms with Crippen molar-refractivity contribution >= 4 is 5.78 Å². The average molecular weight is 234 g/mol. The quantitative estimate of drug-likeness (QED) is 0.749. The van der Waals surface area contributed by atoms with Crippen molar-refractivity contribution in [2.75, 3.05) is 7.11 Å². The van der Waals surface area contributed by atoms with E-state index in [-0.39, 0.29) is 5.78 Å². The summed E-state index contributed by atoms with van der Waals surface area (Å²) in [4.78, 5) is 11.0. The van der Waals surface area contributed by atoms with Gasteiger partial charge in [-0.3, -0.25) is 0 Å². The summed E-state index contributed by atoms with van der Waals surface area (Å²) in [5.74, 6) is 1.54. The molecule has 0 aromatic heterocycles. The molecule has 0 aliphatic heterocycles. The molecular weight excluding hydrogens is 212 g/mol. The highest BCUT2D eigenvalue weighted by Crippen LogP contribution is 2.30. The average Bonchev–Trinajstić information content (AvgIpc) is 2.34. The Morgan fingerprint density at radius 1 is 1.41 bits per heavy atom. The lowest BCUT2D eigenvalue weighted by atomic mass is 9.92. The SMILES string of the molecule is CCc1ccc(OC)c(C(C)CCC(C)=O)c1. The molecule has 1 unspecified atom stereocenters. The third kappa shape index (κ3) is 3.88. The second kappa shape index (κ2) is 6.43. The Morgan fingerprint density at radius 3 is 2.65 bits per heavy atom. The van der Waals surface area contributed by atoms with Gasteiger partial charge in [-0.1, -0.05) is 26.0 Å². The lowest BCUT2D eigenvalue weighted by molar-refractivity contribution is -0.117. The second-order valence-electron chi connectivity index (χ2n) is 4.57. The van der Waals surface area contributed by atoms with Gasteiger partial charge in [-0.05, 0) is 42.9 Å². The van der Waals surface area contributed by atoms with Crippen molar-refractivity contribution in [3.63, 3.8) is 0 Å². The largest absolute Gasteiger partial charge is 0.496 e. The first-order valence-electron chi connectivity index (χ1n) is 6.24. The molecule has 0 N–H and O–H groups in total. The minimum atomic E-state index is 0.252. The van der Waals surface area contributed by atoms with Crippen molar-refractivity contribution in [2.24, 2.45) is 0 Å². The molecule has 0 heterocycles. The number of benzene rings is 1. The first-order chi connectivity index (χ1) is 8.08. The molecule has 0 fully saturated rings. The van der Waals surface area contributed by atoms with E-state index >= 15 is 0 Å². The Morgan fingerprint density at radius 2 is 2.12 bits per heavy atom. The maximum atomic E-state index is 11.0. The van der Waals surface area contributed by atoms with Gasteiger partial charge in [0.1, 0.15) is 11.5 Å². The van der Waals surface area contributed by atoms with E-state index in [1.807, 2.05) is 6.07 Å². The summed E-state index contributed by atoms with van der Waals surface area (Å²) in [5.41, 5.74) is 2.53. The smallest absolute Gasteiger partial charge is 0.129 e. The van der Waals surface area contributed by atoms with Crippen molar-refractivity contribution in [3.05, 3.63) is 29.3 Å². The number of hydrogen-bond acceptors (Lipinski definition) is 2. The van der Waals surface area contributed by atoms with E-state index in [9.17, 15) is 4.79 Å². The predicted octanol–water partition coefficient (Wildman–Crippen LogP) is 3.73. The van der Waals surface area contributed by atoms with Crippen LogP contribution in [0.15, 0.2) is 18.2 Å². The lowest BCUT2D eigenvalue weighted by Crippen LogP contribution is -2.01. The molecule has 1 atom stereocenters. The molecule has 0 radical (unpaired) electrons. The normalized spacial score (nSPS) is 12.2. The Hall–Kier alpha value is -1.31. The fraction of sp³-hybridized carbons (Fsp3) is 0.533. The van der Waals surface area contributed by atoms with E-state index in [2.05, 4.69) is 26.0 Å². The van der Waals surface area contributed by atoms with E-state index in [0.717, 1.165) is 18.6 Å². The van der Waals surface area contributed by atoms with Crippen LogP contribution in [0.4, 0.5) is 0 Å². The molecule has 0 aliphatic carbocycles. The molecule has 94 valence electrons. The monoisotopic (exact) mass is 234 g/mol. The second-order valence-corrected chi connectivity index (χ2v) is 4.57. The summed E-state index contributed by atoms with van der Waals surface area (Å²) < 4.78 is 5.39. The van der Waals surface area contributed by atoms with E-state index in [4.69, 9.17) is 4.74 Å². The van der Waals surface area contributed by atoms with Gasteiger partial charge in [0.25, 0.3) is 0 Å². The fourth-order valence-corrected chi connectivity index (χ4v) is 1.96. The summed E-state index contributed by atoms with van der Waals surface area (Å²) in [7, 11) is 1.70. The Kier molecular flexibility index (Phi) is 5.20. The van der Waals surface area contributed by atoms with Gasteiger partial charge < -0.3 is 9.53 Å². The maximum absolute atomic E-state index is 11.0. The van der Waals surface area contributed by atoms with Crippen LogP contribution in [0.1, 0.15) is 50.7 Å². The van der Waals surface area contributed by atoms with Crippen LogP contribution in [0.5, 0.6) is 5.75 Å². The van der Waals surface area contributed by atoms with Crippen LogP contribution >= 0.6 is 0 Å². The van der Waals surface area contributed by atoms with Gasteiger partial charge in [0, 0.05) is 6.42 Å². The number of hydrogen-bond donors (Lipinski definition) is 0. The molecule has 1 rings (SSSR count). The summed E-state index contributed by atoms with van der Waals surface area (Å²) in [5, 5.41) is 0. The van der Waals surface area contributed by atoms with Crippen molar-refractivity contribution in [3.8, 4) is 5.75 Å². The number of ketones is 1. The van der Waals surface area contributed by atoms with Gasteiger partial charge >= 0.3 is 0 Å². The molecule has 0 saturated carbocycles. The minimum Gasteiger partial charge on any atom is -0.496 e. The summed E-state index contributed by atoms with van der Waals surface area (Å²) in [6.07, 6.45) is 2.55. The molecule has 1 aromatic carbocycles. The molecule has 0 bridgehead atoms. The van der Waals surface area contributed by atoms with Gasteiger partial charge in [-0.25, -0.2) is 0 Å². The van der Waals surface area contributed by atoms with Gasteiger partial charge in [0.2, 0.25) is 0 Å². The lowest BCUT2D eigenvalue weighted by Gasteiger charge is -2.16. The molecule has 1 aromatic rings. The summed E-state index contributed by atoms with van der Waals surface area (Å²) in [6.45, 7) is 5.94. The first kappa shape index (κ1) is 13.8. The minimum absolute atomic E-state index is 0.252. The molecule has 2 nitrogen and oxygen atoms in total. The van der Waals surface area contributed by atoms with Gasteiger partial charge in [0.15, 0.2) is 0 Å². The highest BCUT2D eigenvalue weighted by atomic mass is 16.5. The van der Waals surface area contributed by atoms with Crippen LogP contribution < -0.4 is 4.74 Å². The molecule has 0 aliphatic rings. The number of carbonyl (C=O) groups excluding carboxylic acids is 1. The Balaban J connectivity index is 2.88. The van der Waals surface area contributed by atoms with Crippen molar-refractivity contribution in [1.29, 1.82) is 0 Å². The number of ether oxygens (including phenoxy) is 1. The van der Waals surface area contributed by atoms with Crippen molar-refractivity contribution < 1.29 is 9.53 Å². The number of Topliss-reactive ketones (excluding diaryl/α,β-unsaturated/α-hetero) is 1. The zero-order valence-electron chi connectivity index (χ0n) is 11.2. The van der Waals surface area contributed by atoms with Crippen LogP contribution in [-0.2, 0) is 11.2 Å². The fourth-order valence-electron chi connectivity index (χ4n) is 1.96. The molecule has 2 heteroatoms. The van der Waals surface area contributed by atoms with Crippen LogP contribution in [-0.4, -0.2) is 12.9 Å². The first-order valence-corrected chi connectivity index (χ1v) is 6.24. The predicted molar refractivity (Wildman–Crippen MR) is 70.7 cm³/mol. The topological polar surface area (TPSA) is 26.3 Å². The van der Waals surface area contributed by atoms with E-state index < -0.39 is 0 Å². The van der Waals surface area contributed by atoms with Gasteiger partial charge in [0.05, 0.1) is 7.11 Å². The molecule has 0 saturated heterocycles. The van der Waals surface area contributed by atoms with E-state index in [0.29, 0.717) is 12.3 Å². The third-order valence-electron chi connectivity index (χ3n) is 3.16. The van der Waals surface area contributed by atoms with Gasteiger partial charge in [-0.15, -0.1) is 0 Å².